The molecule has 1 saturated carbocycles. The summed E-state index contributed by atoms with van der Waals surface area (Å²) in [5.41, 5.74) is 0.189. The molecule has 3 nitrogen and oxygen atoms in total. The lowest BCUT2D eigenvalue weighted by Crippen LogP contribution is -2.64. The van der Waals surface area contributed by atoms with Gasteiger partial charge in [0.1, 0.15) is 0 Å². The summed E-state index contributed by atoms with van der Waals surface area (Å²) in [6.45, 7) is 7.04. The molecule has 0 radical (unpaired) electrons. The van der Waals surface area contributed by atoms with Crippen LogP contribution in [0.3, 0.4) is 0 Å². The van der Waals surface area contributed by atoms with Crippen molar-refractivity contribution in [2.75, 3.05) is 26.7 Å². The smallest absolute Gasteiger partial charge is 0.0599 e. The van der Waals surface area contributed by atoms with Gasteiger partial charge in [0, 0.05) is 30.7 Å². The highest BCUT2D eigenvalue weighted by Gasteiger charge is 2.39. The van der Waals surface area contributed by atoms with E-state index in [1.54, 1.807) is 0 Å². The molecule has 94 valence electrons. The van der Waals surface area contributed by atoms with Crippen LogP contribution >= 0.6 is 0 Å². The van der Waals surface area contributed by atoms with Gasteiger partial charge >= 0.3 is 0 Å². The Morgan fingerprint density at radius 1 is 1.25 bits per heavy atom. The topological polar surface area (TPSA) is 26.7 Å². The third-order valence-corrected chi connectivity index (χ3v) is 4.59. The van der Waals surface area contributed by atoms with Gasteiger partial charge in [-0.05, 0) is 33.7 Å². The molecule has 0 spiro atoms. The Hall–Kier alpha value is -0.120. The molecule has 2 rings (SSSR count). The highest BCUT2D eigenvalue weighted by molar-refractivity contribution is 4.96. The number of rotatable bonds is 2. The minimum Gasteiger partial charge on any atom is -0.395 e. The van der Waals surface area contributed by atoms with Crippen LogP contribution < -0.4 is 0 Å². The number of hydrogen-bond acceptors (Lipinski definition) is 3. The van der Waals surface area contributed by atoms with Gasteiger partial charge in [0.15, 0.2) is 0 Å². The second-order valence-corrected chi connectivity index (χ2v) is 6.13. The van der Waals surface area contributed by atoms with Crippen molar-refractivity contribution in [2.24, 2.45) is 0 Å². The van der Waals surface area contributed by atoms with Crippen molar-refractivity contribution >= 4 is 0 Å². The van der Waals surface area contributed by atoms with Gasteiger partial charge in [0.2, 0.25) is 0 Å². The third kappa shape index (κ3) is 2.27. The van der Waals surface area contributed by atoms with E-state index in [4.69, 9.17) is 0 Å². The van der Waals surface area contributed by atoms with Crippen molar-refractivity contribution in [3.8, 4) is 0 Å². The Labute approximate surface area is 99.4 Å². The molecule has 0 bridgehead atoms. The molecule has 1 aliphatic carbocycles. The Kier molecular flexibility index (Phi) is 3.57. The molecule has 0 aromatic heterocycles. The maximum atomic E-state index is 9.49. The number of likely N-dealkylation sites (N-methyl/N-ethyl adjacent to an activating group) is 1. The van der Waals surface area contributed by atoms with Crippen LogP contribution in [0, 0.1) is 0 Å². The van der Waals surface area contributed by atoms with Gasteiger partial charge in [-0.25, -0.2) is 0 Å². The van der Waals surface area contributed by atoms with Gasteiger partial charge in [0.05, 0.1) is 6.61 Å². The monoisotopic (exact) mass is 226 g/mol. The second kappa shape index (κ2) is 4.63. The molecule has 1 saturated heterocycles. The molecule has 2 aliphatic rings. The van der Waals surface area contributed by atoms with Crippen molar-refractivity contribution < 1.29 is 5.11 Å². The summed E-state index contributed by atoms with van der Waals surface area (Å²) in [5, 5.41) is 9.49. The highest BCUT2D eigenvalue weighted by Crippen LogP contribution is 2.30. The summed E-state index contributed by atoms with van der Waals surface area (Å²) in [5.74, 6) is 0. The molecule has 1 aliphatic heterocycles. The first-order valence-corrected chi connectivity index (χ1v) is 6.62. The highest BCUT2D eigenvalue weighted by atomic mass is 16.3. The zero-order valence-corrected chi connectivity index (χ0v) is 10.9. The average Bonchev–Trinajstić information content (AvgIpc) is 2.75. The Balaban J connectivity index is 2.05. The van der Waals surface area contributed by atoms with Crippen LogP contribution in [0.2, 0.25) is 0 Å². The zero-order valence-electron chi connectivity index (χ0n) is 10.9. The van der Waals surface area contributed by atoms with Crippen LogP contribution in [0.25, 0.3) is 0 Å². The molecule has 1 unspecified atom stereocenters. The van der Waals surface area contributed by atoms with Gasteiger partial charge < -0.3 is 5.11 Å². The molecule has 3 heteroatoms. The normalized spacial score (nSPS) is 33.4. The lowest BCUT2D eigenvalue weighted by Gasteiger charge is -2.51. The number of piperazine rings is 1. The largest absolute Gasteiger partial charge is 0.395 e. The first-order chi connectivity index (χ1) is 7.54. The molecule has 1 heterocycles. The zero-order chi connectivity index (χ0) is 11.8. The van der Waals surface area contributed by atoms with E-state index < -0.39 is 0 Å². The fourth-order valence-electron chi connectivity index (χ4n) is 3.29. The quantitative estimate of drug-likeness (QED) is 0.769. The fourth-order valence-corrected chi connectivity index (χ4v) is 3.29. The van der Waals surface area contributed by atoms with E-state index in [1.165, 1.54) is 25.7 Å². The van der Waals surface area contributed by atoms with Crippen molar-refractivity contribution in [3.63, 3.8) is 0 Å². The van der Waals surface area contributed by atoms with E-state index in [2.05, 4.69) is 30.7 Å². The third-order valence-electron chi connectivity index (χ3n) is 4.59. The van der Waals surface area contributed by atoms with Crippen molar-refractivity contribution in [1.29, 1.82) is 0 Å². The second-order valence-electron chi connectivity index (χ2n) is 6.13. The van der Waals surface area contributed by atoms with Crippen LogP contribution in [-0.4, -0.2) is 59.3 Å². The number of nitrogens with zero attached hydrogens (tertiary/aromatic N) is 2. The molecule has 0 amide bonds. The van der Waals surface area contributed by atoms with E-state index in [0.717, 1.165) is 19.1 Å². The predicted octanol–water partition coefficient (Wildman–Crippen LogP) is 1.32. The van der Waals surface area contributed by atoms with E-state index >= 15 is 0 Å². The maximum Gasteiger partial charge on any atom is 0.0599 e. The molecular formula is C13H26N2O. The van der Waals surface area contributed by atoms with Crippen LogP contribution in [0.1, 0.15) is 39.5 Å². The summed E-state index contributed by atoms with van der Waals surface area (Å²) in [6.07, 6.45) is 5.50. The molecule has 0 aromatic rings. The molecule has 1 atom stereocenters. The van der Waals surface area contributed by atoms with Gasteiger partial charge in [-0.15, -0.1) is 0 Å². The molecular weight excluding hydrogens is 200 g/mol. The summed E-state index contributed by atoms with van der Waals surface area (Å²) >= 11 is 0. The van der Waals surface area contributed by atoms with Crippen LogP contribution in [0.4, 0.5) is 0 Å². The lowest BCUT2D eigenvalue weighted by molar-refractivity contribution is -0.0413. The summed E-state index contributed by atoms with van der Waals surface area (Å²) in [4.78, 5) is 4.96. The Morgan fingerprint density at radius 3 is 2.44 bits per heavy atom. The van der Waals surface area contributed by atoms with E-state index in [0.29, 0.717) is 6.04 Å². The van der Waals surface area contributed by atoms with Gasteiger partial charge in [-0.3, -0.25) is 9.80 Å². The van der Waals surface area contributed by atoms with E-state index in [9.17, 15) is 5.11 Å². The van der Waals surface area contributed by atoms with Gasteiger partial charge in [-0.2, -0.15) is 0 Å². The van der Waals surface area contributed by atoms with E-state index in [1.807, 2.05) is 0 Å². The maximum absolute atomic E-state index is 9.49. The average molecular weight is 226 g/mol. The minimum absolute atomic E-state index is 0.189. The SMILES string of the molecule is CN1C(CO)CN(C2CCCC2)CC1(C)C. The molecule has 1 N–H and O–H groups in total. The first kappa shape index (κ1) is 12.3. The van der Waals surface area contributed by atoms with Crippen LogP contribution in [0.15, 0.2) is 0 Å². The summed E-state index contributed by atoms with van der Waals surface area (Å²) in [6, 6.07) is 1.09. The number of aliphatic hydroxyl groups excluding tert-OH is 1. The lowest BCUT2D eigenvalue weighted by atomic mass is 9.94. The minimum atomic E-state index is 0.189. The predicted molar refractivity (Wildman–Crippen MR) is 66.5 cm³/mol. The first-order valence-electron chi connectivity index (χ1n) is 6.62. The van der Waals surface area contributed by atoms with Gasteiger partial charge in [0.25, 0.3) is 0 Å². The van der Waals surface area contributed by atoms with Gasteiger partial charge in [-0.1, -0.05) is 12.8 Å². The summed E-state index contributed by atoms with van der Waals surface area (Å²) < 4.78 is 0. The van der Waals surface area contributed by atoms with E-state index in [-0.39, 0.29) is 12.1 Å². The fraction of sp³-hybridized carbons (Fsp3) is 1.00. The standard InChI is InChI=1S/C13H26N2O/c1-13(2)10-15(11-6-4-5-7-11)8-12(9-16)14(13)3/h11-12,16H,4-10H2,1-3H3. The van der Waals surface area contributed by atoms with Crippen LogP contribution in [0.5, 0.6) is 0 Å². The Morgan fingerprint density at radius 2 is 1.88 bits per heavy atom. The van der Waals surface area contributed by atoms with Crippen molar-refractivity contribution in [3.05, 3.63) is 0 Å². The molecule has 2 fully saturated rings. The summed E-state index contributed by atoms with van der Waals surface area (Å²) in [7, 11) is 2.15. The van der Waals surface area contributed by atoms with Crippen molar-refractivity contribution in [1.82, 2.24) is 9.80 Å². The van der Waals surface area contributed by atoms with Crippen LogP contribution in [-0.2, 0) is 0 Å². The molecule has 16 heavy (non-hydrogen) atoms. The number of hydrogen-bond donors (Lipinski definition) is 1. The number of aliphatic hydroxyl groups is 1. The Bertz CT molecular complexity index is 236. The molecule has 0 aromatic carbocycles. The van der Waals surface area contributed by atoms with Crippen molar-refractivity contribution in [2.45, 2.75) is 57.2 Å².